The van der Waals surface area contributed by atoms with E-state index in [1.54, 1.807) is 23.0 Å². The molecule has 6 heteroatoms. The molecule has 1 aromatic heterocycles. The van der Waals surface area contributed by atoms with E-state index < -0.39 is 0 Å². The molecular weight excluding hydrogens is 240 g/mol. The molecule has 0 aliphatic heterocycles. The summed E-state index contributed by atoms with van der Waals surface area (Å²) in [4.78, 5) is 2.11. The Morgan fingerprint density at radius 3 is 2.74 bits per heavy atom. The number of hydrogen-bond donors (Lipinski definition) is 1. The lowest BCUT2D eigenvalue weighted by atomic mass is 10.2. The van der Waals surface area contributed by atoms with E-state index in [4.69, 9.17) is 11.0 Å². The normalized spacial score (nSPS) is 10.6. The Kier molecular flexibility index (Phi) is 4.23. The molecule has 0 bridgehead atoms. The van der Waals surface area contributed by atoms with Gasteiger partial charge in [-0.1, -0.05) is 5.21 Å². The Labute approximate surface area is 112 Å². The largest absolute Gasteiger partial charge is 0.329 e. The molecule has 0 fully saturated rings. The van der Waals surface area contributed by atoms with E-state index in [-0.39, 0.29) is 0 Å². The average molecular weight is 256 g/mol. The van der Waals surface area contributed by atoms with Gasteiger partial charge in [-0.05, 0) is 31.3 Å². The SMILES string of the molecule is CN(CCN)Cc1cnnn1-c1ccc(C#N)cc1. The molecule has 0 aliphatic rings. The highest BCUT2D eigenvalue weighted by molar-refractivity contribution is 5.39. The average Bonchev–Trinajstić information content (AvgIpc) is 2.87. The van der Waals surface area contributed by atoms with Crippen LogP contribution >= 0.6 is 0 Å². The maximum atomic E-state index is 8.79. The molecule has 0 saturated heterocycles. The lowest BCUT2D eigenvalue weighted by Crippen LogP contribution is -2.26. The molecule has 19 heavy (non-hydrogen) atoms. The first-order chi connectivity index (χ1) is 9.24. The molecule has 0 aliphatic carbocycles. The quantitative estimate of drug-likeness (QED) is 0.843. The molecule has 2 aromatic rings. The fourth-order valence-corrected chi connectivity index (χ4v) is 1.83. The van der Waals surface area contributed by atoms with E-state index >= 15 is 0 Å². The summed E-state index contributed by atoms with van der Waals surface area (Å²) in [6.07, 6.45) is 1.74. The molecule has 1 heterocycles. The Balaban J connectivity index is 2.21. The topological polar surface area (TPSA) is 83.8 Å². The molecule has 0 unspecified atom stereocenters. The number of likely N-dealkylation sites (N-methyl/N-ethyl adjacent to an activating group) is 1. The number of benzene rings is 1. The van der Waals surface area contributed by atoms with Crippen LogP contribution in [0.2, 0.25) is 0 Å². The minimum absolute atomic E-state index is 0.620. The van der Waals surface area contributed by atoms with Gasteiger partial charge in [-0.3, -0.25) is 4.90 Å². The minimum Gasteiger partial charge on any atom is -0.329 e. The monoisotopic (exact) mass is 256 g/mol. The van der Waals surface area contributed by atoms with Crippen LogP contribution in [0.5, 0.6) is 0 Å². The number of nitrogens with two attached hydrogens (primary N) is 1. The molecule has 0 atom stereocenters. The fraction of sp³-hybridized carbons (Fsp3) is 0.308. The van der Waals surface area contributed by atoms with Crippen LogP contribution in [0.4, 0.5) is 0 Å². The molecule has 0 amide bonds. The summed E-state index contributed by atoms with van der Waals surface area (Å²) in [5.74, 6) is 0. The summed E-state index contributed by atoms with van der Waals surface area (Å²) < 4.78 is 1.77. The third-order valence-electron chi connectivity index (χ3n) is 2.80. The highest BCUT2D eigenvalue weighted by Gasteiger charge is 2.08. The molecule has 2 N–H and O–H groups in total. The van der Waals surface area contributed by atoms with Crippen LogP contribution < -0.4 is 5.73 Å². The Morgan fingerprint density at radius 1 is 1.37 bits per heavy atom. The van der Waals surface area contributed by atoms with Crippen LogP contribution in [0.25, 0.3) is 5.69 Å². The fourth-order valence-electron chi connectivity index (χ4n) is 1.83. The maximum absolute atomic E-state index is 8.79. The van der Waals surface area contributed by atoms with Crippen molar-refractivity contribution in [2.45, 2.75) is 6.54 Å². The van der Waals surface area contributed by atoms with Crippen LogP contribution in [0.15, 0.2) is 30.5 Å². The lowest BCUT2D eigenvalue weighted by molar-refractivity contribution is 0.328. The minimum atomic E-state index is 0.620. The van der Waals surface area contributed by atoms with Gasteiger partial charge in [-0.15, -0.1) is 5.10 Å². The van der Waals surface area contributed by atoms with Crippen LogP contribution in [-0.4, -0.2) is 40.0 Å². The third-order valence-corrected chi connectivity index (χ3v) is 2.80. The van der Waals surface area contributed by atoms with Crippen molar-refractivity contribution in [3.05, 3.63) is 41.7 Å². The predicted octanol–water partition coefficient (Wildman–Crippen LogP) is 0.529. The van der Waals surface area contributed by atoms with E-state index in [2.05, 4.69) is 21.3 Å². The van der Waals surface area contributed by atoms with Crippen molar-refractivity contribution < 1.29 is 0 Å². The standard InChI is InChI=1S/C13H16N6/c1-18(7-6-14)10-13-9-16-17-19(13)12-4-2-11(8-15)3-5-12/h2-5,9H,6-7,10,14H2,1H3. The van der Waals surface area contributed by atoms with Crippen molar-refractivity contribution in [1.82, 2.24) is 19.9 Å². The Hall–Kier alpha value is -2.23. The first-order valence-electron chi connectivity index (χ1n) is 6.03. The zero-order valence-electron chi connectivity index (χ0n) is 10.8. The van der Waals surface area contributed by atoms with Gasteiger partial charge in [0.15, 0.2) is 0 Å². The van der Waals surface area contributed by atoms with Crippen LogP contribution in [0.1, 0.15) is 11.3 Å². The van der Waals surface area contributed by atoms with Crippen molar-refractivity contribution in [3.8, 4) is 11.8 Å². The van der Waals surface area contributed by atoms with E-state index in [0.717, 1.165) is 24.5 Å². The highest BCUT2D eigenvalue weighted by Crippen LogP contribution is 2.11. The number of aromatic nitrogens is 3. The Morgan fingerprint density at radius 2 is 2.11 bits per heavy atom. The van der Waals surface area contributed by atoms with Gasteiger partial charge in [-0.25, -0.2) is 4.68 Å². The van der Waals surface area contributed by atoms with E-state index in [0.29, 0.717) is 12.1 Å². The Bertz CT molecular complexity index is 566. The summed E-state index contributed by atoms with van der Waals surface area (Å²) in [5.41, 5.74) is 8.04. The van der Waals surface area contributed by atoms with Gasteiger partial charge in [0, 0.05) is 19.6 Å². The van der Waals surface area contributed by atoms with Gasteiger partial charge in [0.2, 0.25) is 0 Å². The van der Waals surface area contributed by atoms with Gasteiger partial charge >= 0.3 is 0 Å². The van der Waals surface area contributed by atoms with Crippen molar-refractivity contribution in [2.75, 3.05) is 20.1 Å². The van der Waals surface area contributed by atoms with Gasteiger partial charge in [0.25, 0.3) is 0 Å². The van der Waals surface area contributed by atoms with Crippen molar-refractivity contribution in [3.63, 3.8) is 0 Å². The molecule has 0 saturated carbocycles. The molecule has 0 radical (unpaired) electrons. The third kappa shape index (κ3) is 3.16. The highest BCUT2D eigenvalue weighted by atomic mass is 15.4. The summed E-state index contributed by atoms with van der Waals surface area (Å²) in [6, 6.07) is 9.35. The second-order valence-electron chi connectivity index (χ2n) is 4.32. The first kappa shape index (κ1) is 13.2. The van der Waals surface area contributed by atoms with Crippen molar-refractivity contribution in [1.29, 1.82) is 5.26 Å². The molecule has 2 rings (SSSR count). The predicted molar refractivity (Wildman–Crippen MR) is 71.5 cm³/mol. The van der Waals surface area contributed by atoms with Gasteiger partial charge in [0.05, 0.1) is 29.2 Å². The molecule has 6 nitrogen and oxygen atoms in total. The summed E-state index contributed by atoms with van der Waals surface area (Å²) in [7, 11) is 2.00. The smallest absolute Gasteiger partial charge is 0.0991 e. The summed E-state index contributed by atoms with van der Waals surface area (Å²) >= 11 is 0. The molecule has 1 aromatic carbocycles. The first-order valence-corrected chi connectivity index (χ1v) is 6.03. The van der Waals surface area contributed by atoms with E-state index in [9.17, 15) is 0 Å². The van der Waals surface area contributed by atoms with Gasteiger partial charge in [0.1, 0.15) is 0 Å². The second-order valence-corrected chi connectivity index (χ2v) is 4.32. The second kappa shape index (κ2) is 6.09. The zero-order valence-corrected chi connectivity index (χ0v) is 10.8. The number of nitriles is 1. The number of nitrogens with zero attached hydrogens (tertiary/aromatic N) is 5. The number of rotatable bonds is 5. The van der Waals surface area contributed by atoms with Crippen molar-refractivity contribution in [2.24, 2.45) is 5.73 Å². The van der Waals surface area contributed by atoms with Crippen LogP contribution in [0.3, 0.4) is 0 Å². The molecule has 0 spiro atoms. The molecule has 98 valence electrons. The van der Waals surface area contributed by atoms with Gasteiger partial charge < -0.3 is 5.73 Å². The van der Waals surface area contributed by atoms with E-state index in [1.807, 2.05) is 19.2 Å². The maximum Gasteiger partial charge on any atom is 0.0991 e. The van der Waals surface area contributed by atoms with Crippen LogP contribution in [0, 0.1) is 11.3 Å². The number of hydrogen-bond acceptors (Lipinski definition) is 5. The van der Waals surface area contributed by atoms with Crippen LogP contribution in [-0.2, 0) is 6.54 Å². The zero-order chi connectivity index (χ0) is 13.7. The molecular formula is C13H16N6. The van der Waals surface area contributed by atoms with Crippen molar-refractivity contribution >= 4 is 0 Å². The van der Waals surface area contributed by atoms with Gasteiger partial charge in [-0.2, -0.15) is 5.26 Å². The summed E-state index contributed by atoms with van der Waals surface area (Å²) in [5, 5.41) is 16.8. The summed E-state index contributed by atoms with van der Waals surface area (Å²) in [6.45, 7) is 2.16. The van der Waals surface area contributed by atoms with E-state index in [1.165, 1.54) is 0 Å². The lowest BCUT2D eigenvalue weighted by Gasteiger charge is -2.15.